The van der Waals surface area contributed by atoms with Gasteiger partial charge in [0.15, 0.2) is 11.5 Å². The predicted molar refractivity (Wildman–Crippen MR) is 71.7 cm³/mol. The van der Waals surface area contributed by atoms with Gasteiger partial charge in [-0.2, -0.15) is 0 Å². The molecular weight excluding hydrogens is 246 g/mol. The molecule has 0 saturated carbocycles. The Morgan fingerprint density at radius 3 is 2.47 bits per heavy atom. The van der Waals surface area contributed by atoms with Gasteiger partial charge in [-0.1, -0.05) is 12.6 Å². The third-order valence-electron chi connectivity index (χ3n) is 2.76. The van der Waals surface area contributed by atoms with E-state index in [1.807, 2.05) is 0 Å². The summed E-state index contributed by atoms with van der Waals surface area (Å²) in [6, 6.07) is 4.10. The monoisotopic (exact) mass is 265 g/mol. The second-order valence-electron chi connectivity index (χ2n) is 4.55. The summed E-state index contributed by atoms with van der Waals surface area (Å²) in [5, 5.41) is 28.7. The van der Waals surface area contributed by atoms with Crippen LogP contribution in [-0.4, -0.2) is 38.4 Å². The van der Waals surface area contributed by atoms with Gasteiger partial charge in [-0.15, -0.1) is 0 Å². The molecule has 0 aliphatic heterocycles. The van der Waals surface area contributed by atoms with Crippen LogP contribution in [0.25, 0.3) is 0 Å². The van der Waals surface area contributed by atoms with E-state index in [0.29, 0.717) is 5.56 Å². The topological polar surface area (TPSA) is 81.0 Å². The SMILES string of the molecule is C=CC(=O)N(C(C)C)C(O)Cc1ccc(O)c(O)c1. The van der Waals surface area contributed by atoms with Gasteiger partial charge in [0.05, 0.1) is 0 Å². The second kappa shape index (κ2) is 6.24. The van der Waals surface area contributed by atoms with Gasteiger partial charge in [0, 0.05) is 12.5 Å². The minimum absolute atomic E-state index is 0.158. The smallest absolute Gasteiger partial charge is 0.248 e. The molecule has 0 aromatic heterocycles. The lowest BCUT2D eigenvalue weighted by molar-refractivity contribution is -0.138. The maximum Gasteiger partial charge on any atom is 0.248 e. The zero-order chi connectivity index (χ0) is 14.6. The number of carbonyl (C=O) groups is 1. The summed E-state index contributed by atoms with van der Waals surface area (Å²) >= 11 is 0. The highest BCUT2D eigenvalue weighted by Gasteiger charge is 2.22. The number of aliphatic hydroxyl groups is 1. The van der Waals surface area contributed by atoms with E-state index in [2.05, 4.69) is 6.58 Å². The van der Waals surface area contributed by atoms with Crippen molar-refractivity contribution in [3.8, 4) is 11.5 Å². The molecule has 1 amide bonds. The Labute approximate surface area is 112 Å². The van der Waals surface area contributed by atoms with Gasteiger partial charge in [-0.3, -0.25) is 4.79 Å². The number of nitrogens with zero attached hydrogens (tertiary/aromatic N) is 1. The molecule has 0 fully saturated rings. The molecule has 1 aromatic rings. The molecular formula is C14H19NO4. The fraction of sp³-hybridized carbons (Fsp3) is 0.357. The van der Waals surface area contributed by atoms with Crippen LogP contribution < -0.4 is 0 Å². The van der Waals surface area contributed by atoms with Gasteiger partial charge in [0.25, 0.3) is 0 Å². The number of hydrogen-bond acceptors (Lipinski definition) is 4. The first kappa shape index (κ1) is 15.0. The standard InChI is InChI=1S/C14H19NO4/c1-4-13(18)15(9(2)3)14(19)8-10-5-6-11(16)12(17)7-10/h4-7,9,14,16-17,19H,1,8H2,2-3H3. The lowest BCUT2D eigenvalue weighted by atomic mass is 10.1. The highest BCUT2D eigenvalue weighted by Crippen LogP contribution is 2.25. The van der Waals surface area contributed by atoms with Crippen LogP contribution in [0.2, 0.25) is 0 Å². The summed E-state index contributed by atoms with van der Waals surface area (Å²) in [6.45, 7) is 6.98. The molecule has 1 unspecified atom stereocenters. The number of aliphatic hydroxyl groups excluding tert-OH is 1. The van der Waals surface area contributed by atoms with E-state index in [1.165, 1.54) is 17.0 Å². The highest BCUT2D eigenvalue weighted by atomic mass is 16.3. The Bertz CT molecular complexity index is 471. The molecule has 5 heteroatoms. The molecule has 0 spiro atoms. The molecule has 3 N–H and O–H groups in total. The van der Waals surface area contributed by atoms with Crippen molar-refractivity contribution in [2.45, 2.75) is 32.5 Å². The Balaban J connectivity index is 2.86. The number of phenolic OH excluding ortho intramolecular Hbond substituents is 2. The molecule has 5 nitrogen and oxygen atoms in total. The second-order valence-corrected chi connectivity index (χ2v) is 4.55. The first-order chi connectivity index (χ1) is 8.86. The third-order valence-corrected chi connectivity index (χ3v) is 2.76. The third kappa shape index (κ3) is 3.72. The summed E-state index contributed by atoms with van der Waals surface area (Å²) in [4.78, 5) is 13.0. The number of aromatic hydroxyl groups is 2. The molecule has 1 aromatic carbocycles. The molecule has 0 heterocycles. The van der Waals surface area contributed by atoms with Gasteiger partial charge in [0.2, 0.25) is 5.91 Å². The number of phenols is 2. The first-order valence-corrected chi connectivity index (χ1v) is 6.00. The van der Waals surface area contributed by atoms with Crippen LogP contribution in [0.5, 0.6) is 11.5 Å². The van der Waals surface area contributed by atoms with E-state index >= 15 is 0 Å². The van der Waals surface area contributed by atoms with Crippen LogP contribution >= 0.6 is 0 Å². The predicted octanol–water partition coefficient (Wildman–Crippen LogP) is 1.38. The van der Waals surface area contributed by atoms with Gasteiger partial charge in [-0.25, -0.2) is 0 Å². The van der Waals surface area contributed by atoms with Crippen LogP contribution in [0.4, 0.5) is 0 Å². The Kier molecular flexibility index (Phi) is 4.94. The van der Waals surface area contributed by atoms with Crippen LogP contribution in [0.15, 0.2) is 30.9 Å². The summed E-state index contributed by atoms with van der Waals surface area (Å²) in [7, 11) is 0. The zero-order valence-corrected chi connectivity index (χ0v) is 11.1. The van der Waals surface area contributed by atoms with Crippen molar-refractivity contribution in [1.82, 2.24) is 4.90 Å². The minimum atomic E-state index is -1.02. The van der Waals surface area contributed by atoms with Gasteiger partial charge < -0.3 is 20.2 Å². The van der Waals surface area contributed by atoms with Crippen molar-refractivity contribution >= 4 is 5.91 Å². The van der Waals surface area contributed by atoms with E-state index in [0.717, 1.165) is 6.08 Å². The Morgan fingerprint density at radius 1 is 1.37 bits per heavy atom. The Morgan fingerprint density at radius 2 is 2.00 bits per heavy atom. The molecule has 1 atom stereocenters. The summed E-state index contributed by atoms with van der Waals surface area (Å²) in [6.07, 6.45) is 0.290. The van der Waals surface area contributed by atoms with E-state index < -0.39 is 6.23 Å². The van der Waals surface area contributed by atoms with Crippen molar-refractivity contribution in [2.24, 2.45) is 0 Å². The number of carbonyl (C=O) groups excluding carboxylic acids is 1. The first-order valence-electron chi connectivity index (χ1n) is 6.00. The van der Waals surface area contributed by atoms with Gasteiger partial charge >= 0.3 is 0 Å². The summed E-state index contributed by atoms with van der Waals surface area (Å²) in [5.41, 5.74) is 0.616. The Hall–Kier alpha value is -2.01. The molecule has 1 rings (SSSR count). The number of rotatable bonds is 5. The molecule has 0 saturated heterocycles. The van der Waals surface area contributed by atoms with E-state index in [4.69, 9.17) is 0 Å². The maximum absolute atomic E-state index is 11.7. The zero-order valence-electron chi connectivity index (χ0n) is 11.1. The molecule has 0 aliphatic carbocycles. The van der Waals surface area contributed by atoms with Crippen LogP contribution in [0.1, 0.15) is 19.4 Å². The maximum atomic E-state index is 11.7. The minimum Gasteiger partial charge on any atom is -0.504 e. The van der Waals surface area contributed by atoms with Crippen molar-refractivity contribution in [2.75, 3.05) is 0 Å². The molecule has 0 radical (unpaired) electrons. The van der Waals surface area contributed by atoms with Crippen molar-refractivity contribution in [1.29, 1.82) is 0 Å². The van der Waals surface area contributed by atoms with Crippen molar-refractivity contribution < 1.29 is 20.1 Å². The highest BCUT2D eigenvalue weighted by molar-refractivity contribution is 5.87. The lowest BCUT2D eigenvalue weighted by Crippen LogP contribution is -2.45. The normalized spacial score (nSPS) is 12.2. The van der Waals surface area contributed by atoms with Gasteiger partial charge in [0.1, 0.15) is 6.23 Å². The molecule has 19 heavy (non-hydrogen) atoms. The van der Waals surface area contributed by atoms with Crippen LogP contribution in [0.3, 0.4) is 0 Å². The van der Waals surface area contributed by atoms with E-state index in [9.17, 15) is 20.1 Å². The quantitative estimate of drug-likeness (QED) is 0.427. The van der Waals surface area contributed by atoms with E-state index in [-0.39, 0.29) is 29.9 Å². The van der Waals surface area contributed by atoms with Gasteiger partial charge in [-0.05, 0) is 37.6 Å². The fourth-order valence-corrected chi connectivity index (χ4v) is 1.86. The summed E-state index contributed by atoms with van der Waals surface area (Å²) in [5.74, 6) is -0.831. The van der Waals surface area contributed by atoms with Crippen molar-refractivity contribution in [3.05, 3.63) is 36.4 Å². The number of benzene rings is 1. The van der Waals surface area contributed by atoms with E-state index in [1.54, 1.807) is 19.9 Å². The van der Waals surface area contributed by atoms with Crippen LogP contribution in [0, 0.1) is 0 Å². The number of hydrogen-bond donors (Lipinski definition) is 3. The molecule has 0 bridgehead atoms. The average molecular weight is 265 g/mol. The number of amides is 1. The largest absolute Gasteiger partial charge is 0.504 e. The fourth-order valence-electron chi connectivity index (χ4n) is 1.86. The van der Waals surface area contributed by atoms with Crippen LogP contribution in [-0.2, 0) is 11.2 Å². The lowest BCUT2D eigenvalue weighted by Gasteiger charge is -2.30. The summed E-state index contributed by atoms with van der Waals surface area (Å²) < 4.78 is 0. The molecule has 0 aliphatic rings. The average Bonchev–Trinajstić information content (AvgIpc) is 2.33. The van der Waals surface area contributed by atoms with Crippen molar-refractivity contribution in [3.63, 3.8) is 0 Å². The molecule has 104 valence electrons.